The Kier molecular flexibility index (Phi) is 8.64. The van der Waals surface area contributed by atoms with Crippen LogP contribution in [0.5, 0.6) is 0 Å². The van der Waals surface area contributed by atoms with Crippen molar-refractivity contribution in [3.8, 4) is 0 Å². The molecule has 1 atom stereocenters. The molecule has 0 aliphatic carbocycles. The Balaban J connectivity index is 2.13. The van der Waals surface area contributed by atoms with Gasteiger partial charge >= 0.3 is 5.97 Å². The monoisotopic (exact) mass is 496 g/mol. The summed E-state index contributed by atoms with van der Waals surface area (Å²) in [5.41, 5.74) is 9.07. The Morgan fingerprint density at radius 1 is 1.29 bits per heavy atom. The van der Waals surface area contributed by atoms with Gasteiger partial charge in [-0.1, -0.05) is 37.3 Å². The normalized spacial score (nSPS) is 15.2. The van der Waals surface area contributed by atoms with E-state index in [-0.39, 0.29) is 23.0 Å². The predicted molar refractivity (Wildman–Crippen MR) is 135 cm³/mol. The molecule has 1 unspecified atom stereocenters. The second kappa shape index (κ2) is 11.7. The van der Waals surface area contributed by atoms with Crippen molar-refractivity contribution in [2.45, 2.75) is 38.4 Å². The molecule has 35 heavy (non-hydrogen) atoms. The number of nitrogens with zero attached hydrogens (tertiary/aromatic N) is 1. The number of aromatic nitrogens is 1. The highest BCUT2D eigenvalue weighted by molar-refractivity contribution is 8.02. The van der Waals surface area contributed by atoms with Crippen molar-refractivity contribution in [3.63, 3.8) is 0 Å². The van der Waals surface area contributed by atoms with Gasteiger partial charge in [0.1, 0.15) is 11.5 Å². The number of hydrogen-bond acceptors (Lipinski definition) is 7. The molecule has 1 aliphatic heterocycles. The fourth-order valence-electron chi connectivity index (χ4n) is 3.95. The molecule has 1 amide bonds. The second-order valence-electron chi connectivity index (χ2n) is 7.85. The van der Waals surface area contributed by atoms with E-state index < -0.39 is 24.3 Å². The first kappa shape index (κ1) is 26.0. The van der Waals surface area contributed by atoms with E-state index in [1.807, 2.05) is 25.1 Å². The maximum Gasteiger partial charge on any atom is 0.343 e. The summed E-state index contributed by atoms with van der Waals surface area (Å²) in [5, 5.41) is 10.2. The van der Waals surface area contributed by atoms with E-state index in [0.29, 0.717) is 29.3 Å². The average Bonchev–Trinajstić information content (AvgIpc) is 3.49. The molecule has 4 N–H and O–H groups in total. The number of Topliss-reactive ketones (excluding diaryl/α,β-unsaturated/α-hetero) is 1. The number of carbonyl (C=O) groups is 3. The fourth-order valence-corrected chi connectivity index (χ4v) is 4.96. The summed E-state index contributed by atoms with van der Waals surface area (Å²) < 4.78 is 10.1. The lowest BCUT2D eigenvalue weighted by Gasteiger charge is -2.15. The van der Waals surface area contributed by atoms with Gasteiger partial charge in [0.05, 0.1) is 12.7 Å². The van der Waals surface area contributed by atoms with Gasteiger partial charge in [-0.15, -0.1) is 11.8 Å². The van der Waals surface area contributed by atoms with Gasteiger partial charge in [0.2, 0.25) is 5.90 Å². The quantitative estimate of drug-likeness (QED) is 0.159. The Hall–Kier alpha value is -3.66. The van der Waals surface area contributed by atoms with Crippen LogP contribution in [0.15, 0.2) is 40.7 Å². The number of amides is 1. The summed E-state index contributed by atoms with van der Waals surface area (Å²) in [5.74, 6) is -2.98. The number of aromatic amines is 1. The first-order valence-corrected chi connectivity index (χ1v) is 12.0. The molecule has 0 spiro atoms. The lowest BCUT2D eigenvalue weighted by atomic mass is 9.95. The summed E-state index contributed by atoms with van der Waals surface area (Å²) in [6, 6.07) is 8.09. The third-order valence-electron chi connectivity index (χ3n) is 5.49. The van der Waals surface area contributed by atoms with Crippen molar-refractivity contribution in [3.05, 3.63) is 69.4 Å². The first-order chi connectivity index (χ1) is 16.8. The third kappa shape index (κ3) is 6.07. The van der Waals surface area contributed by atoms with Crippen molar-refractivity contribution in [2.75, 3.05) is 13.7 Å². The number of amidine groups is 1. The number of H-pyrrole nitrogens is 1. The third-order valence-corrected chi connectivity index (χ3v) is 6.62. The fraction of sp³-hybridized carbons (Fsp3) is 0.320. The van der Waals surface area contributed by atoms with E-state index in [4.69, 9.17) is 15.9 Å². The minimum Gasteiger partial charge on any atom is -0.466 e. The molecule has 10 heteroatoms. The lowest BCUT2D eigenvalue weighted by Crippen LogP contribution is -2.26. The van der Waals surface area contributed by atoms with Gasteiger partial charge in [-0.25, -0.2) is 4.79 Å². The molecule has 1 aromatic carbocycles. The molecule has 0 saturated heterocycles. The molecule has 1 aromatic heterocycles. The van der Waals surface area contributed by atoms with E-state index in [2.05, 4.69) is 32.3 Å². The number of benzene rings is 1. The molecule has 1 aliphatic rings. The number of esters is 1. The zero-order valence-corrected chi connectivity index (χ0v) is 20.7. The molecular formula is C25H28N4O5S. The largest absolute Gasteiger partial charge is 0.466 e. The van der Waals surface area contributed by atoms with Gasteiger partial charge in [0.15, 0.2) is 6.61 Å². The van der Waals surface area contributed by atoms with Crippen molar-refractivity contribution in [1.82, 2.24) is 4.98 Å². The van der Waals surface area contributed by atoms with Crippen LogP contribution in [0, 0.1) is 5.41 Å². The molecule has 0 saturated carbocycles. The lowest BCUT2D eigenvalue weighted by molar-refractivity contribution is -0.143. The standard InChI is InChI=1S/C25H28N4O5S/c1-4-16-18(12-15-8-5-6-9-17(15)19-10-7-11-35-19)29-22(21(16)23(31)24(27)32)25(28-14(2)26)34-13-20(30)33-3/h5-9,11,19,26,29H,4,10,12-13H2,1-3H3,(H2,27,32). The van der Waals surface area contributed by atoms with Crippen molar-refractivity contribution in [2.24, 2.45) is 10.7 Å². The highest BCUT2D eigenvalue weighted by Gasteiger charge is 2.30. The second-order valence-corrected chi connectivity index (χ2v) is 8.97. The Labute approximate surface area is 207 Å². The molecule has 0 bridgehead atoms. The number of primary amides is 1. The minimum absolute atomic E-state index is 0.0363. The topological polar surface area (TPSA) is 148 Å². The summed E-state index contributed by atoms with van der Waals surface area (Å²) >= 11 is 1.76. The van der Waals surface area contributed by atoms with Crippen molar-refractivity contribution < 1.29 is 23.9 Å². The summed E-state index contributed by atoms with van der Waals surface area (Å²) in [6.07, 6.45) is 3.96. The average molecular weight is 497 g/mol. The summed E-state index contributed by atoms with van der Waals surface area (Å²) in [4.78, 5) is 43.8. The van der Waals surface area contributed by atoms with Crippen LogP contribution in [-0.4, -0.2) is 48.1 Å². The van der Waals surface area contributed by atoms with Crippen LogP contribution in [0.25, 0.3) is 0 Å². The number of nitrogens with two attached hydrogens (primary N) is 1. The Bertz CT molecular complexity index is 1210. The number of thioether (sulfide) groups is 1. The molecule has 2 heterocycles. The Morgan fingerprint density at radius 2 is 2.03 bits per heavy atom. The number of allylic oxidation sites excluding steroid dienone is 1. The number of hydrogen-bond donors (Lipinski definition) is 3. The Morgan fingerprint density at radius 3 is 2.63 bits per heavy atom. The van der Waals surface area contributed by atoms with Crippen LogP contribution in [0.4, 0.5) is 0 Å². The molecule has 0 radical (unpaired) electrons. The number of methoxy groups -OCH3 is 1. The molecule has 184 valence electrons. The van der Waals surface area contributed by atoms with E-state index >= 15 is 0 Å². The van der Waals surface area contributed by atoms with Crippen LogP contribution >= 0.6 is 11.8 Å². The number of aliphatic imine (C=N–C) groups is 1. The van der Waals surface area contributed by atoms with Crippen LogP contribution in [-0.2, 0) is 31.9 Å². The van der Waals surface area contributed by atoms with Crippen LogP contribution < -0.4 is 5.73 Å². The maximum atomic E-state index is 12.9. The number of carbonyl (C=O) groups excluding carboxylic acids is 3. The van der Waals surface area contributed by atoms with Crippen LogP contribution in [0.2, 0.25) is 0 Å². The maximum absolute atomic E-state index is 12.9. The highest BCUT2D eigenvalue weighted by atomic mass is 32.2. The van der Waals surface area contributed by atoms with Gasteiger partial charge in [0.25, 0.3) is 11.7 Å². The predicted octanol–water partition coefficient (Wildman–Crippen LogP) is 3.46. The number of ketones is 1. The highest BCUT2D eigenvalue weighted by Crippen LogP contribution is 2.40. The van der Waals surface area contributed by atoms with Gasteiger partial charge in [-0.3, -0.25) is 15.0 Å². The molecule has 0 fully saturated rings. The van der Waals surface area contributed by atoms with Gasteiger partial charge < -0.3 is 20.2 Å². The van der Waals surface area contributed by atoms with Crippen molar-refractivity contribution in [1.29, 1.82) is 5.41 Å². The van der Waals surface area contributed by atoms with Crippen LogP contribution in [0.3, 0.4) is 0 Å². The van der Waals surface area contributed by atoms with E-state index in [9.17, 15) is 14.4 Å². The van der Waals surface area contributed by atoms with Gasteiger partial charge in [0, 0.05) is 17.4 Å². The summed E-state index contributed by atoms with van der Waals surface area (Å²) in [7, 11) is 1.21. The van der Waals surface area contributed by atoms with Crippen molar-refractivity contribution >= 4 is 41.2 Å². The molecule has 9 nitrogen and oxygen atoms in total. The zero-order chi connectivity index (χ0) is 25.5. The minimum atomic E-state index is -1.13. The number of rotatable bonds is 9. The molecule has 3 rings (SSSR count). The molecular weight excluding hydrogens is 468 g/mol. The zero-order valence-electron chi connectivity index (χ0n) is 19.8. The molecule has 2 aromatic rings. The smallest absolute Gasteiger partial charge is 0.343 e. The number of ether oxygens (including phenoxy) is 2. The number of nitrogens with one attached hydrogen (secondary N) is 2. The van der Waals surface area contributed by atoms with Crippen LogP contribution in [0.1, 0.15) is 64.0 Å². The van der Waals surface area contributed by atoms with Gasteiger partial charge in [-0.05, 0) is 41.9 Å². The van der Waals surface area contributed by atoms with Gasteiger partial charge in [-0.2, -0.15) is 4.99 Å². The first-order valence-electron chi connectivity index (χ1n) is 11.1. The van der Waals surface area contributed by atoms with E-state index in [0.717, 1.165) is 12.0 Å². The summed E-state index contributed by atoms with van der Waals surface area (Å²) in [6.45, 7) is 2.80. The SMILES string of the molecule is CCc1c(Cc2ccccc2C2CC=CS2)[nH]c(C(=NC(C)=N)OCC(=O)OC)c1C(=O)C(N)=O. The van der Waals surface area contributed by atoms with E-state index in [1.165, 1.54) is 19.6 Å². The van der Waals surface area contributed by atoms with E-state index in [1.54, 1.807) is 11.8 Å².